The van der Waals surface area contributed by atoms with E-state index in [-0.39, 0.29) is 17.5 Å². The fraction of sp³-hybridized carbons (Fsp3) is 0.235. The monoisotopic (exact) mass is 413 g/mol. The van der Waals surface area contributed by atoms with Gasteiger partial charge >= 0.3 is 0 Å². The van der Waals surface area contributed by atoms with Gasteiger partial charge < -0.3 is 4.90 Å². The van der Waals surface area contributed by atoms with Gasteiger partial charge in [-0.25, -0.2) is 8.78 Å². The van der Waals surface area contributed by atoms with Crippen LogP contribution in [0, 0.1) is 15.2 Å². The molecular weight excluding hydrogens is 399 g/mol. The zero-order chi connectivity index (χ0) is 15.7. The van der Waals surface area contributed by atoms with Gasteiger partial charge in [0.25, 0.3) is 5.91 Å². The van der Waals surface area contributed by atoms with Crippen LogP contribution in [-0.4, -0.2) is 17.4 Å². The van der Waals surface area contributed by atoms with Gasteiger partial charge in [-0.1, -0.05) is 12.1 Å². The Hall–Kier alpha value is -1.50. The van der Waals surface area contributed by atoms with Gasteiger partial charge in [0.05, 0.1) is 11.6 Å². The van der Waals surface area contributed by atoms with Crippen molar-refractivity contribution in [3.05, 3.63) is 68.8 Å². The molecule has 1 amide bonds. The summed E-state index contributed by atoms with van der Waals surface area (Å²) < 4.78 is 28.0. The molecule has 0 radical (unpaired) electrons. The van der Waals surface area contributed by atoms with E-state index in [1.165, 1.54) is 6.07 Å². The fourth-order valence-corrected chi connectivity index (χ4v) is 3.22. The van der Waals surface area contributed by atoms with Crippen LogP contribution < -0.4 is 0 Å². The summed E-state index contributed by atoms with van der Waals surface area (Å²) in [4.78, 5) is 14.3. The lowest BCUT2D eigenvalue weighted by Gasteiger charge is -2.25. The van der Waals surface area contributed by atoms with Gasteiger partial charge in [-0.15, -0.1) is 0 Å². The van der Waals surface area contributed by atoms with Gasteiger partial charge in [0.1, 0.15) is 11.6 Å². The van der Waals surface area contributed by atoms with Crippen molar-refractivity contribution in [3.63, 3.8) is 0 Å². The maximum atomic E-state index is 13.8. The third-order valence-electron chi connectivity index (χ3n) is 3.93. The highest BCUT2D eigenvalue weighted by atomic mass is 127. The van der Waals surface area contributed by atoms with Crippen LogP contribution >= 0.6 is 22.6 Å². The molecule has 1 aliphatic heterocycles. The Morgan fingerprint density at radius 1 is 1.14 bits per heavy atom. The summed E-state index contributed by atoms with van der Waals surface area (Å²) in [7, 11) is 0. The Labute approximate surface area is 141 Å². The molecule has 1 aliphatic rings. The van der Waals surface area contributed by atoms with Crippen LogP contribution in [0.4, 0.5) is 8.78 Å². The van der Waals surface area contributed by atoms with Gasteiger partial charge in [0.2, 0.25) is 0 Å². The Morgan fingerprint density at radius 2 is 1.86 bits per heavy atom. The number of hydrogen-bond donors (Lipinski definition) is 0. The van der Waals surface area contributed by atoms with E-state index in [0.717, 1.165) is 34.1 Å². The minimum atomic E-state index is -0.807. The van der Waals surface area contributed by atoms with Gasteiger partial charge in [0, 0.05) is 16.2 Å². The second kappa shape index (κ2) is 6.32. The van der Waals surface area contributed by atoms with Crippen LogP contribution in [0.3, 0.4) is 0 Å². The topological polar surface area (TPSA) is 20.3 Å². The van der Waals surface area contributed by atoms with Crippen molar-refractivity contribution in [3.8, 4) is 0 Å². The van der Waals surface area contributed by atoms with Crippen LogP contribution in [0.25, 0.3) is 0 Å². The molecule has 2 aromatic carbocycles. The van der Waals surface area contributed by atoms with Crippen molar-refractivity contribution >= 4 is 28.5 Å². The maximum absolute atomic E-state index is 13.8. The summed E-state index contributed by atoms with van der Waals surface area (Å²) in [6.45, 7) is 0.590. The number of amides is 1. The van der Waals surface area contributed by atoms with Crippen LogP contribution in [-0.2, 0) is 0 Å². The highest BCUT2D eigenvalue weighted by molar-refractivity contribution is 14.1. The summed E-state index contributed by atoms with van der Waals surface area (Å²) in [6.07, 6.45) is 1.74. The fourth-order valence-electron chi connectivity index (χ4n) is 2.86. The van der Waals surface area contributed by atoms with E-state index in [9.17, 15) is 13.6 Å². The van der Waals surface area contributed by atoms with Crippen LogP contribution in [0.1, 0.15) is 34.8 Å². The normalized spacial score (nSPS) is 17.8. The number of rotatable bonds is 2. The highest BCUT2D eigenvalue weighted by Crippen LogP contribution is 2.33. The third-order valence-corrected chi connectivity index (χ3v) is 4.65. The van der Waals surface area contributed by atoms with E-state index in [4.69, 9.17) is 0 Å². The second-order valence-corrected chi connectivity index (χ2v) is 6.58. The zero-order valence-corrected chi connectivity index (χ0v) is 13.9. The molecule has 0 bridgehead atoms. The molecule has 1 heterocycles. The molecule has 3 rings (SSSR count). The summed E-state index contributed by atoms with van der Waals surface area (Å²) in [5.41, 5.74) is 0.979. The molecule has 0 spiro atoms. The highest BCUT2D eigenvalue weighted by Gasteiger charge is 2.31. The minimum absolute atomic E-state index is 0.0473. The van der Waals surface area contributed by atoms with Crippen molar-refractivity contribution in [2.45, 2.75) is 18.9 Å². The second-order valence-electron chi connectivity index (χ2n) is 5.33. The third kappa shape index (κ3) is 2.99. The number of nitrogens with zero attached hydrogens (tertiary/aromatic N) is 1. The number of carbonyl (C=O) groups excluding carboxylic acids is 1. The van der Waals surface area contributed by atoms with E-state index >= 15 is 0 Å². The van der Waals surface area contributed by atoms with Crippen molar-refractivity contribution in [2.24, 2.45) is 0 Å². The molecule has 5 heteroatoms. The molecule has 0 N–H and O–H groups in total. The molecule has 2 aromatic rings. The molecule has 1 fully saturated rings. The lowest BCUT2D eigenvalue weighted by Crippen LogP contribution is -2.31. The molecule has 114 valence electrons. The lowest BCUT2D eigenvalue weighted by molar-refractivity contribution is 0.0731. The number of likely N-dealkylation sites (tertiary alicyclic amines) is 1. The SMILES string of the molecule is O=C(c1ccc(F)cc1F)N1CCC[C@H]1c1ccc(I)cc1. The smallest absolute Gasteiger partial charge is 0.257 e. The summed E-state index contributed by atoms with van der Waals surface area (Å²) in [5.74, 6) is -1.86. The number of halogens is 3. The first-order valence-corrected chi connectivity index (χ1v) is 8.15. The standard InChI is InChI=1S/C17H14F2INO/c18-12-5-8-14(15(19)10-12)17(22)21-9-1-2-16(21)11-3-6-13(20)7-4-11/h3-8,10,16H,1-2,9H2/t16-/m0/s1. The maximum Gasteiger partial charge on any atom is 0.257 e. The van der Waals surface area contributed by atoms with Gasteiger partial charge in [0.15, 0.2) is 0 Å². The van der Waals surface area contributed by atoms with E-state index < -0.39 is 11.6 Å². The zero-order valence-electron chi connectivity index (χ0n) is 11.7. The predicted octanol–water partition coefficient (Wildman–Crippen LogP) is 4.55. The van der Waals surface area contributed by atoms with Gasteiger partial charge in [-0.2, -0.15) is 0 Å². The van der Waals surface area contributed by atoms with Gasteiger partial charge in [-0.05, 0) is 65.3 Å². The summed E-state index contributed by atoms with van der Waals surface area (Å²) in [6, 6.07) is 11.0. The van der Waals surface area contributed by atoms with E-state index in [2.05, 4.69) is 22.6 Å². The van der Waals surface area contributed by atoms with E-state index in [0.29, 0.717) is 6.54 Å². The summed E-state index contributed by atoms with van der Waals surface area (Å²) >= 11 is 2.23. The first-order valence-electron chi connectivity index (χ1n) is 7.08. The number of carbonyl (C=O) groups is 1. The van der Waals surface area contributed by atoms with Gasteiger partial charge in [-0.3, -0.25) is 4.79 Å². The Bertz CT molecular complexity index is 702. The van der Waals surface area contributed by atoms with Crippen molar-refractivity contribution in [2.75, 3.05) is 6.54 Å². The Kier molecular flexibility index (Phi) is 4.42. The lowest BCUT2D eigenvalue weighted by atomic mass is 10.0. The van der Waals surface area contributed by atoms with Crippen LogP contribution in [0.15, 0.2) is 42.5 Å². The quantitative estimate of drug-likeness (QED) is 0.662. The van der Waals surface area contributed by atoms with E-state index in [1.807, 2.05) is 24.3 Å². The average molecular weight is 413 g/mol. The Balaban J connectivity index is 1.89. The van der Waals surface area contributed by atoms with E-state index in [1.54, 1.807) is 4.90 Å². The summed E-state index contributed by atoms with van der Waals surface area (Å²) in [5, 5.41) is 0. The van der Waals surface area contributed by atoms with Crippen molar-refractivity contribution in [1.82, 2.24) is 4.90 Å². The molecule has 1 atom stereocenters. The first kappa shape index (κ1) is 15.4. The predicted molar refractivity (Wildman–Crippen MR) is 88.5 cm³/mol. The number of benzene rings is 2. The number of hydrogen-bond acceptors (Lipinski definition) is 1. The molecule has 2 nitrogen and oxygen atoms in total. The molecule has 0 aliphatic carbocycles. The van der Waals surface area contributed by atoms with Crippen LogP contribution in [0.2, 0.25) is 0 Å². The molecule has 0 aromatic heterocycles. The molecular formula is C17H14F2INO. The average Bonchev–Trinajstić information content (AvgIpc) is 2.97. The van der Waals surface area contributed by atoms with Crippen molar-refractivity contribution in [1.29, 1.82) is 0 Å². The minimum Gasteiger partial charge on any atom is -0.332 e. The largest absolute Gasteiger partial charge is 0.332 e. The first-order chi connectivity index (χ1) is 10.6. The molecule has 0 saturated carbocycles. The van der Waals surface area contributed by atoms with Crippen LogP contribution in [0.5, 0.6) is 0 Å². The molecule has 22 heavy (non-hydrogen) atoms. The van der Waals surface area contributed by atoms with Crippen molar-refractivity contribution < 1.29 is 13.6 Å². The molecule has 1 saturated heterocycles. The Morgan fingerprint density at radius 3 is 2.55 bits per heavy atom. The molecule has 0 unspecified atom stereocenters.